The number of aromatic nitrogens is 2. The third-order valence-electron chi connectivity index (χ3n) is 4.23. The summed E-state index contributed by atoms with van der Waals surface area (Å²) in [4.78, 5) is 38.4. The number of para-hydroxylation sites is 1. The van der Waals surface area contributed by atoms with E-state index in [0.717, 1.165) is 22.8 Å². The van der Waals surface area contributed by atoms with Crippen LogP contribution >= 0.6 is 0 Å². The number of hydrazone groups is 1. The molecule has 0 radical (unpaired) electrons. The fourth-order valence-electron chi connectivity index (χ4n) is 2.66. The third kappa shape index (κ3) is 4.08. The molecule has 1 aromatic heterocycles. The molecule has 29 heavy (non-hydrogen) atoms. The molecule has 0 aliphatic heterocycles. The molecule has 0 aliphatic rings. The van der Waals surface area contributed by atoms with Crippen molar-refractivity contribution in [3.8, 4) is 17.3 Å². The number of carbonyl (C=O) groups excluding carboxylic acids is 1. The van der Waals surface area contributed by atoms with Gasteiger partial charge in [0.25, 0.3) is 11.5 Å². The van der Waals surface area contributed by atoms with Crippen molar-refractivity contribution >= 4 is 12.1 Å². The van der Waals surface area contributed by atoms with E-state index in [9.17, 15) is 24.6 Å². The first kappa shape index (κ1) is 19.6. The van der Waals surface area contributed by atoms with Crippen LogP contribution in [0.4, 0.5) is 0 Å². The molecule has 0 aliphatic carbocycles. The zero-order valence-corrected chi connectivity index (χ0v) is 15.4. The van der Waals surface area contributed by atoms with Crippen molar-refractivity contribution in [1.82, 2.24) is 15.0 Å². The minimum absolute atomic E-state index is 0.0104. The molecule has 3 aromatic rings. The first-order chi connectivity index (χ1) is 13.9. The van der Waals surface area contributed by atoms with Gasteiger partial charge in [0, 0.05) is 0 Å². The second kappa shape index (κ2) is 8.26. The maximum atomic E-state index is 12.2. The van der Waals surface area contributed by atoms with Gasteiger partial charge in [-0.05, 0) is 36.2 Å². The minimum atomic E-state index is -0.866. The summed E-state index contributed by atoms with van der Waals surface area (Å²) in [5.41, 5.74) is 1.54. The van der Waals surface area contributed by atoms with Crippen molar-refractivity contribution < 1.29 is 15.0 Å². The van der Waals surface area contributed by atoms with Crippen LogP contribution in [0.2, 0.25) is 0 Å². The van der Waals surface area contributed by atoms with Gasteiger partial charge in [-0.3, -0.25) is 14.6 Å². The number of hydrogen-bond acceptors (Lipinski definition) is 6. The van der Waals surface area contributed by atoms with Crippen molar-refractivity contribution in [2.45, 2.75) is 13.3 Å². The van der Waals surface area contributed by atoms with Crippen LogP contribution < -0.4 is 16.7 Å². The monoisotopic (exact) mass is 394 g/mol. The van der Waals surface area contributed by atoms with Gasteiger partial charge in [0.2, 0.25) is 5.88 Å². The fraction of sp³-hybridized carbons (Fsp3) is 0.100. The quantitative estimate of drug-likeness (QED) is 0.381. The Morgan fingerprint density at radius 1 is 1.14 bits per heavy atom. The van der Waals surface area contributed by atoms with E-state index in [2.05, 4.69) is 15.5 Å². The minimum Gasteiger partial charge on any atom is -0.507 e. The first-order valence-electron chi connectivity index (χ1n) is 8.71. The third-order valence-corrected chi connectivity index (χ3v) is 4.23. The van der Waals surface area contributed by atoms with Gasteiger partial charge >= 0.3 is 5.69 Å². The van der Waals surface area contributed by atoms with E-state index in [1.807, 2.05) is 6.92 Å². The van der Waals surface area contributed by atoms with E-state index in [-0.39, 0.29) is 16.9 Å². The van der Waals surface area contributed by atoms with E-state index in [0.29, 0.717) is 5.69 Å². The summed E-state index contributed by atoms with van der Waals surface area (Å²) in [6.45, 7) is 1.98. The average molecular weight is 394 g/mol. The van der Waals surface area contributed by atoms with Crippen LogP contribution in [0.3, 0.4) is 0 Å². The predicted octanol–water partition coefficient (Wildman–Crippen LogP) is 1.26. The molecule has 9 heteroatoms. The summed E-state index contributed by atoms with van der Waals surface area (Å²) in [7, 11) is 0. The molecule has 1 heterocycles. The van der Waals surface area contributed by atoms with E-state index in [1.165, 1.54) is 12.1 Å². The molecule has 3 rings (SSSR count). The van der Waals surface area contributed by atoms with Crippen molar-refractivity contribution in [3.05, 3.63) is 86.1 Å². The number of phenolic OH excluding ortho intramolecular Hbond substituents is 1. The summed E-state index contributed by atoms with van der Waals surface area (Å²) in [6.07, 6.45) is 1.73. The Hall–Kier alpha value is -4.14. The largest absolute Gasteiger partial charge is 0.507 e. The van der Waals surface area contributed by atoms with Gasteiger partial charge in [-0.1, -0.05) is 31.2 Å². The molecule has 0 spiro atoms. The molecule has 9 nitrogen and oxygen atoms in total. The highest BCUT2D eigenvalue weighted by Gasteiger charge is 2.15. The lowest BCUT2D eigenvalue weighted by Crippen LogP contribution is -2.31. The number of aromatic amines is 1. The zero-order valence-electron chi connectivity index (χ0n) is 15.4. The molecule has 2 aromatic carbocycles. The second-order valence-electron chi connectivity index (χ2n) is 6.07. The number of carbonyl (C=O) groups is 1. The second-order valence-corrected chi connectivity index (χ2v) is 6.07. The maximum Gasteiger partial charge on any atom is 0.335 e. The molecule has 4 N–H and O–H groups in total. The van der Waals surface area contributed by atoms with Gasteiger partial charge in [-0.15, -0.1) is 0 Å². The Labute approximate surface area is 164 Å². The summed E-state index contributed by atoms with van der Waals surface area (Å²) in [6, 6.07) is 12.7. The number of amides is 1. The molecule has 0 fully saturated rings. The summed E-state index contributed by atoms with van der Waals surface area (Å²) in [5.74, 6) is -1.56. The van der Waals surface area contributed by atoms with E-state index < -0.39 is 23.0 Å². The lowest BCUT2D eigenvalue weighted by atomic mass is 10.1. The Morgan fingerprint density at radius 2 is 1.83 bits per heavy atom. The van der Waals surface area contributed by atoms with Crippen LogP contribution in [-0.4, -0.2) is 31.9 Å². The van der Waals surface area contributed by atoms with Gasteiger partial charge < -0.3 is 10.2 Å². The van der Waals surface area contributed by atoms with E-state index in [4.69, 9.17) is 0 Å². The zero-order chi connectivity index (χ0) is 21.0. The van der Waals surface area contributed by atoms with Crippen LogP contribution in [0.5, 0.6) is 11.6 Å². The highest BCUT2D eigenvalue weighted by molar-refractivity contribution is 5.97. The molecule has 0 bridgehead atoms. The topological polar surface area (TPSA) is 137 Å². The number of H-pyrrole nitrogens is 1. The highest BCUT2D eigenvalue weighted by Crippen LogP contribution is 2.17. The van der Waals surface area contributed by atoms with E-state index >= 15 is 0 Å². The van der Waals surface area contributed by atoms with Crippen LogP contribution in [0.25, 0.3) is 5.69 Å². The average Bonchev–Trinajstić information content (AvgIpc) is 2.71. The summed E-state index contributed by atoms with van der Waals surface area (Å²) >= 11 is 0. The Balaban J connectivity index is 1.92. The van der Waals surface area contributed by atoms with Gasteiger partial charge in [0.15, 0.2) is 0 Å². The number of benzene rings is 2. The lowest BCUT2D eigenvalue weighted by Gasteiger charge is -2.10. The molecule has 0 atom stereocenters. The predicted molar refractivity (Wildman–Crippen MR) is 107 cm³/mol. The Morgan fingerprint density at radius 3 is 2.48 bits per heavy atom. The molecule has 0 saturated heterocycles. The summed E-state index contributed by atoms with van der Waals surface area (Å²) < 4.78 is 0.924. The number of aryl methyl sites for hydroxylation is 1. The van der Waals surface area contributed by atoms with Gasteiger partial charge in [-0.25, -0.2) is 14.8 Å². The van der Waals surface area contributed by atoms with Crippen LogP contribution in [0, 0.1) is 0 Å². The first-order valence-corrected chi connectivity index (χ1v) is 8.71. The maximum absolute atomic E-state index is 12.2. The van der Waals surface area contributed by atoms with Crippen LogP contribution in [-0.2, 0) is 6.42 Å². The SMILES string of the molecule is CCc1ccc(-n2c(O)c(/C=N\NC(=O)c3ccccc3O)c(=O)[nH]c2=O)cc1. The highest BCUT2D eigenvalue weighted by atomic mass is 16.3. The Bertz CT molecular complexity index is 1190. The number of nitrogens with zero attached hydrogens (tertiary/aromatic N) is 2. The standard InChI is InChI=1S/C20H18N4O5/c1-2-12-7-9-13(10-8-12)24-19(28)15(17(26)22-20(24)29)11-21-23-18(27)14-5-3-4-6-16(14)25/h3-11,25,28H,2H2,1H3,(H,23,27)(H,22,26,29)/b21-11-. The van der Waals surface area contributed by atoms with Crippen molar-refractivity contribution in [1.29, 1.82) is 0 Å². The smallest absolute Gasteiger partial charge is 0.335 e. The summed E-state index contributed by atoms with van der Waals surface area (Å²) in [5, 5.41) is 23.8. The Kier molecular flexibility index (Phi) is 5.59. The normalized spacial score (nSPS) is 10.9. The van der Waals surface area contributed by atoms with E-state index in [1.54, 1.807) is 36.4 Å². The molecular formula is C20H18N4O5. The van der Waals surface area contributed by atoms with Crippen LogP contribution in [0.1, 0.15) is 28.4 Å². The molecule has 1 amide bonds. The van der Waals surface area contributed by atoms with Crippen molar-refractivity contribution in [3.63, 3.8) is 0 Å². The van der Waals surface area contributed by atoms with Gasteiger partial charge in [0.1, 0.15) is 11.3 Å². The van der Waals surface area contributed by atoms with Crippen LogP contribution in [0.15, 0.2) is 63.2 Å². The van der Waals surface area contributed by atoms with Crippen molar-refractivity contribution in [2.24, 2.45) is 5.10 Å². The molecular weight excluding hydrogens is 376 g/mol. The number of aromatic hydroxyl groups is 2. The molecule has 0 unspecified atom stereocenters. The van der Waals surface area contributed by atoms with Gasteiger partial charge in [-0.2, -0.15) is 5.10 Å². The molecule has 148 valence electrons. The number of phenols is 1. The van der Waals surface area contributed by atoms with Gasteiger partial charge in [0.05, 0.1) is 17.5 Å². The lowest BCUT2D eigenvalue weighted by molar-refractivity contribution is 0.0952. The number of rotatable bonds is 5. The number of hydrogen-bond donors (Lipinski definition) is 4. The van der Waals surface area contributed by atoms with Crippen molar-refractivity contribution in [2.75, 3.05) is 0 Å². The number of nitrogens with one attached hydrogen (secondary N) is 2. The molecule has 0 saturated carbocycles. The fourth-order valence-corrected chi connectivity index (χ4v) is 2.66.